The normalized spacial score (nSPS) is 10.0. The average Bonchev–Trinajstić information content (AvgIpc) is 2.66. The number of ether oxygens (including phenoxy) is 1. The molecule has 2 aromatic carbocycles. The van der Waals surface area contributed by atoms with Gasteiger partial charge in [-0.3, -0.25) is 4.79 Å². The molecule has 0 bridgehead atoms. The maximum Gasteiger partial charge on any atom is 1.00 e. The second-order valence-electron chi connectivity index (χ2n) is 6.87. The van der Waals surface area contributed by atoms with E-state index < -0.39 is 11.9 Å². The maximum atomic E-state index is 12.3. The van der Waals surface area contributed by atoms with E-state index in [2.05, 4.69) is 6.92 Å². The first kappa shape index (κ1) is 27.8. The first-order valence-electron chi connectivity index (χ1n) is 9.95. The number of rotatable bonds is 11. The summed E-state index contributed by atoms with van der Waals surface area (Å²) in [4.78, 5) is 24.2. The van der Waals surface area contributed by atoms with Gasteiger partial charge in [0.05, 0.1) is 5.56 Å². The number of hydrogen-bond acceptors (Lipinski definition) is 3. The van der Waals surface area contributed by atoms with E-state index >= 15 is 0 Å². The predicted molar refractivity (Wildman–Crippen MR) is 108 cm³/mol. The first-order chi connectivity index (χ1) is 12.7. The van der Waals surface area contributed by atoms with Gasteiger partial charge in [0.25, 0.3) is 0 Å². The van der Waals surface area contributed by atoms with Gasteiger partial charge in [0, 0.05) is 6.42 Å². The average molecular weight is 402 g/mol. The molecule has 0 atom stereocenters. The predicted octanol–water partition coefficient (Wildman–Crippen LogP) is 0.677. The van der Waals surface area contributed by atoms with Crippen LogP contribution in [0.1, 0.15) is 84.3 Å². The molecule has 0 heterocycles. The molecule has 2 rings (SSSR count). The molecule has 0 aliphatic rings. The van der Waals surface area contributed by atoms with Crippen LogP contribution in [0, 0.1) is 0 Å². The Labute approximate surface area is 216 Å². The summed E-state index contributed by atoms with van der Waals surface area (Å²) >= 11 is 0. The Bertz CT molecular complexity index is 721. The molecular formula is C23H32Na2O3. The number of hydrogen-bond donors (Lipinski definition) is 0. The standard InChI is InChI=1S/C23H30O3.2Na.2H/c1-2-3-4-5-6-7-8-9-10-18-22(24)26-23(25)21-17-13-15-19-14-11-12-16-20(19)21;;;;/h11-17H,2-10,18H2,1H3;;;;/q;2*+1;2*-1. The van der Waals surface area contributed by atoms with E-state index in [4.69, 9.17) is 4.74 Å². The molecule has 0 fully saturated rings. The molecular weight excluding hydrogens is 370 g/mol. The first-order valence-corrected chi connectivity index (χ1v) is 9.95. The summed E-state index contributed by atoms with van der Waals surface area (Å²) in [5, 5.41) is 1.78. The van der Waals surface area contributed by atoms with E-state index in [9.17, 15) is 9.59 Å². The third-order valence-corrected chi connectivity index (χ3v) is 4.70. The Balaban J connectivity index is -0.00000182. The summed E-state index contributed by atoms with van der Waals surface area (Å²) in [6.45, 7) is 2.23. The minimum absolute atomic E-state index is 0. The molecule has 0 spiro atoms. The number of carbonyl (C=O) groups is 2. The third-order valence-electron chi connectivity index (χ3n) is 4.70. The number of esters is 2. The van der Waals surface area contributed by atoms with Crippen LogP contribution in [-0.2, 0) is 9.53 Å². The molecule has 3 nitrogen and oxygen atoms in total. The molecule has 0 saturated heterocycles. The van der Waals surface area contributed by atoms with Crippen molar-refractivity contribution >= 4 is 22.7 Å². The van der Waals surface area contributed by atoms with Crippen molar-refractivity contribution in [3.63, 3.8) is 0 Å². The van der Waals surface area contributed by atoms with Gasteiger partial charge in [-0.2, -0.15) is 0 Å². The van der Waals surface area contributed by atoms with E-state index in [1.807, 2.05) is 36.4 Å². The molecule has 2 aromatic rings. The molecule has 0 unspecified atom stereocenters. The van der Waals surface area contributed by atoms with Gasteiger partial charge in [-0.05, 0) is 23.3 Å². The fourth-order valence-electron chi connectivity index (χ4n) is 3.19. The van der Waals surface area contributed by atoms with E-state index in [-0.39, 0.29) is 62.0 Å². The van der Waals surface area contributed by atoms with Crippen LogP contribution in [0.15, 0.2) is 42.5 Å². The maximum absolute atomic E-state index is 12.3. The molecule has 0 N–H and O–H groups in total. The second kappa shape index (κ2) is 16.6. The van der Waals surface area contributed by atoms with Gasteiger partial charge in [-0.1, -0.05) is 94.7 Å². The van der Waals surface area contributed by atoms with Gasteiger partial charge in [0.1, 0.15) is 0 Å². The quantitative estimate of drug-likeness (QED) is 0.240. The van der Waals surface area contributed by atoms with Crippen LogP contribution in [0.5, 0.6) is 0 Å². The summed E-state index contributed by atoms with van der Waals surface area (Å²) in [6, 6.07) is 13.1. The fraction of sp³-hybridized carbons (Fsp3) is 0.478. The Morgan fingerprint density at radius 3 is 2.04 bits per heavy atom. The molecule has 5 heteroatoms. The molecule has 0 amide bonds. The Kier molecular flexibility index (Phi) is 16.5. The van der Waals surface area contributed by atoms with Crippen LogP contribution in [0.25, 0.3) is 10.8 Å². The zero-order valence-electron chi connectivity index (χ0n) is 19.8. The van der Waals surface area contributed by atoms with Crippen LogP contribution in [0.2, 0.25) is 0 Å². The zero-order valence-corrected chi connectivity index (χ0v) is 21.8. The summed E-state index contributed by atoms with van der Waals surface area (Å²) < 4.78 is 5.04. The van der Waals surface area contributed by atoms with Gasteiger partial charge in [-0.25, -0.2) is 4.79 Å². The van der Waals surface area contributed by atoms with Crippen LogP contribution in [0.4, 0.5) is 0 Å². The van der Waals surface area contributed by atoms with E-state index in [1.165, 1.54) is 38.5 Å². The van der Waals surface area contributed by atoms with Gasteiger partial charge in [0.15, 0.2) is 0 Å². The van der Waals surface area contributed by atoms with Crippen LogP contribution >= 0.6 is 0 Å². The molecule has 0 aromatic heterocycles. The van der Waals surface area contributed by atoms with Gasteiger partial charge < -0.3 is 7.59 Å². The van der Waals surface area contributed by atoms with Crippen molar-refractivity contribution in [1.82, 2.24) is 0 Å². The van der Waals surface area contributed by atoms with Crippen molar-refractivity contribution in [2.45, 2.75) is 71.1 Å². The van der Waals surface area contributed by atoms with Crippen molar-refractivity contribution in [2.75, 3.05) is 0 Å². The van der Waals surface area contributed by atoms with Crippen molar-refractivity contribution in [3.8, 4) is 0 Å². The molecule has 28 heavy (non-hydrogen) atoms. The van der Waals surface area contributed by atoms with Crippen molar-refractivity contribution in [3.05, 3.63) is 48.0 Å². The minimum atomic E-state index is -0.553. The topological polar surface area (TPSA) is 43.4 Å². The number of fused-ring (bicyclic) bond motifs is 1. The van der Waals surface area contributed by atoms with Crippen molar-refractivity contribution in [2.24, 2.45) is 0 Å². The largest absolute Gasteiger partial charge is 1.00 e. The summed E-state index contributed by atoms with van der Waals surface area (Å²) in [5.74, 6) is -0.978. The Morgan fingerprint density at radius 1 is 0.786 bits per heavy atom. The van der Waals surface area contributed by atoms with E-state index in [0.29, 0.717) is 12.0 Å². The number of unbranched alkanes of at least 4 members (excludes halogenated alkanes) is 8. The van der Waals surface area contributed by atoms with Gasteiger partial charge in [0.2, 0.25) is 0 Å². The second-order valence-corrected chi connectivity index (χ2v) is 6.87. The van der Waals surface area contributed by atoms with E-state index in [1.54, 1.807) is 6.07 Å². The molecule has 0 aliphatic carbocycles. The van der Waals surface area contributed by atoms with E-state index in [0.717, 1.165) is 30.0 Å². The monoisotopic (exact) mass is 402 g/mol. The zero-order chi connectivity index (χ0) is 18.6. The number of benzene rings is 2. The van der Waals surface area contributed by atoms with Crippen molar-refractivity contribution in [1.29, 1.82) is 0 Å². The SMILES string of the molecule is CCCCCCCCCCCC(=O)OC(=O)c1cccc2ccccc12.[H-].[H-].[Na+].[Na+]. The number of carbonyl (C=O) groups excluding carboxylic acids is 2. The molecule has 0 radical (unpaired) electrons. The summed E-state index contributed by atoms with van der Waals surface area (Å²) in [6.07, 6.45) is 11.0. The minimum Gasteiger partial charge on any atom is -1.00 e. The van der Waals surface area contributed by atoms with Crippen molar-refractivity contribution < 1.29 is 76.3 Å². The van der Waals surface area contributed by atoms with Gasteiger partial charge in [-0.15, -0.1) is 0 Å². The fourth-order valence-corrected chi connectivity index (χ4v) is 3.19. The smallest absolute Gasteiger partial charge is 1.00 e. The summed E-state index contributed by atoms with van der Waals surface area (Å²) in [7, 11) is 0. The van der Waals surface area contributed by atoms with Crippen LogP contribution in [0.3, 0.4) is 0 Å². The molecule has 0 aliphatic heterocycles. The molecule has 0 saturated carbocycles. The summed E-state index contributed by atoms with van der Waals surface area (Å²) in [5.41, 5.74) is 0.448. The third kappa shape index (κ3) is 10.0. The Hall–Kier alpha value is -0.160. The van der Waals surface area contributed by atoms with Crippen LogP contribution < -0.4 is 59.1 Å². The van der Waals surface area contributed by atoms with Gasteiger partial charge >= 0.3 is 71.1 Å². The van der Waals surface area contributed by atoms with Crippen LogP contribution in [-0.4, -0.2) is 11.9 Å². The Morgan fingerprint density at radius 2 is 1.36 bits per heavy atom. The molecule has 144 valence electrons.